The molecule has 6 heteroatoms. The fourth-order valence-electron chi connectivity index (χ4n) is 1.40. The molecule has 0 saturated carbocycles. The van der Waals surface area contributed by atoms with Crippen LogP contribution in [0.2, 0.25) is 0 Å². The van der Waals surface area contributed by atoms with Gasteiger partial charge in [0.25, 0.3) is 0 Å². The molecule has 0 amide bonds. The molecule has 0 aliphatic carbocycles. The highest BCUT2D eigenvalue weighted by Crippen LogP contribution is 2.26. The summed E-state index contributed by atoms with van der Waals surface area (Å²) in [5.74, 6) is 0.288. The Morgan fingerprint density at radius 3 is 2.53 bits per heavy atom. The fourth-order valence-corrected chi connectivity index (χ4v) is 2.84. The molecule has 0 saturated heterocycles. The Labute approximate surface area is 115 Å². The van der Waals surface area contributed by atoms with Gasteiger partial charge >= 0.3 is 0 Å². The minimum Gasteiger partial charge on any atom is -0.495 e. The van der Waals surface area contributed by atoms with Crippen molar-refractivity contribution < 1.29 is 13.2 Å². The van der Waals surface area contributed by atoms with E-state index in [2.05, 4.69) is 4.72 Å². The first-order chi connectivity index (χ1) is 8.72. The van der Waals surface area contributed by atoms with Crippen molar-refractivity contribution in [3.63, 3.8) is 0 Å². The van der Waals surface area contributed by atoms with Crippen LogP contribution in [-0.2, 0) is 10.0 Å². The summed E-state index contributed by atoms with van der Waals surface area (Å²) in [5.41, 5.74) is 5.93. The second-order valence-corrected chi connectivity index (χ2v) is 6.99. The second kappa shape index (κ2) is 5.79. The lowest BCUT2D eigenvalue weighted by molar-refractivity contribution is 0.349. The van der Waals surface area contributed by atoms with Gasteiger partial charge in [0.05, 0.1) is 7.11 Å². The zero-order chi connectivity index (χ0) is 14.7. The van der Waals surface area contributed by atoms with Gasteiger partial charge in [0.1, 0.15) is 10.6 Å². The van der Waals surface area contributed by atoms with Gasteiger partial charge in [0, 0.05) is 12.2 Å². The van der Waals surface area contributed by atoms with Crippen LogP contribution in [0.4, 0.5) is 5.69 Å². The summed E-state index contributed by atoms with van der Waals surface area (Å²) in [6, 6.07) is 4.56. The number of hydrogen-bond acceptors (Lipinski definition) is 4. The van der Waals surface area contributed by atoms with Crippen LogP contribution in [0.25, 0.3) is 0 Å². The van der Waals surface area contributed by atoms with Crippen molar-refractivity contribution in [2.45, 2.75) is 32.1 Å². The number of rotatable bonds is 6. The van der Waals surface area contributed by atoms with Gasteiger partial charge in [-0.25, -0.2) is 13.1 Å². The fraction of sp³-hybridized carbons (Fsp3) is 0.538. The summed E-state index contributed by atoms with van der Waals surface area (Å²) in [5, 5.41) is 0. The topological polar surface area (TPSA) is 81.4 Å². The number of hydrogen-bond donors (Lipinski definition) is 2. The maximum Gasteiger partial charge on any atom is 0.244 e. The SMILES string of the molecule is CCC(C)(C)CNS(=O)(=O)c1cc(N)ccc1OC. The average Bonchev–Trinajstić information content (AvgIpc) is 2.37. The molecule has 0 aliphatic rings. The molecule has 0 aromatic heterocycles. The predicted molar refractivity (Wildman–Crippen MR) is 76.7 cm³/mol. The normalized spacial score (nSPS) is 12.4. The summed E-state index contributed by atoms with van der Waals surface area (Å²) in [6.45, 7) is 6.40. The molecule has 1 rings (SSSR count). The zero-order valence-electron chi connectivity index (χ0n) is 11.9. The standard InChI is InChI=1S/C13H22N2O3S/c1-5-13(2,3)9-15-19(16,17)12-8-10(14)6-7-11(12)18-4/h6-8,15H,5,9,14H2,1-4H3. The number of sulfonamides is 1. The van der Waals surface area contributed by atoms with Crippen molar-refractivity contribution in [3.8, 4) is 5.75 Å². The minimum atomic E-state index is -3.62. The zero-order valence-corrected chi connectivity index (χ0v) is 12.7. The number of ether oxygens (including phenoxy) is 1. The first kappa shape index (κ1) is 15.8. The summed E-state index contributed by atoms with van der Waals surface area (Å²) < 4.78 is 32.2. The van der Waals surface area contributed by atoms with E-state index in [1.54, 1.807) is 12.1 Å². The van der Waals surface area contributed by atoms with E-state index in [-0.39, 0.29) is 16.1 Å². The first-order valence-corrected chi connectivity index (χ1v) is 7.63. The van der Waals surface area contributed by atoms with Crippen LogP contribution < -0.4 is 15.2 Å². The highest BCUT2D eigenvalue weighted by atomic mass is 32.2. The van der Waals surface area contributed by atoms with Crippen molar-refractivity contribution in [1.82, 2.24) is 4.72 Å². The monoisotopic (exact) mass is 286 g/mol. The molecule has 19 heavy (non-hydrogen) atoms. The first-order valence-electron chi connectivity index (χ1n) is 6.15. The van der Waals surface area contributed by atoms with E-state index < -0.39 is 10.0 Å². The number of nitrogens with one attached hydrogen (secondary N) is 1. The molecule has 0 bridgehead atoms. The molecule has 3 N–H and O–H groups in total. The Kier molecular flexibility index (Phi) is 4.81. The van der Waals surface area contributed by atoms with Gasteiger partial charge < -0.3 is 10.5 Å². The third-order valence-electron chi connectivity index (χ3n) is 3.18. The van der Waals surface area contributed by atoms with Crippen molar-refractivity contribution >= 4 is 15.7 Å². The van der Waals surface area contributed by atoms with Gasteiger partial charge in [-0.1, -0.05) is 20.8 Å². The molecular formula is C13H22N2O3S. The Bertz CT molecular complexity index is 539. The maximum atomic E-state index is 12.3. The van der Waals surface area contributed by atoms with E-state index in [0.717, 1.165) is 6.42 Å². The lowest BCUT2D eigenvalue weighted by Crippen LogP contribution is -2.33. The van der Waals surface area contributed by atoms with E-state index >= 15 is 0 Å². The molecular weight excluding hydrogens is 264 g/mol. The smallest absolute Gasteiger partial charge is 0.244 e. The molecule has 0 fully saturated rings. The molecule has 1 aromatic rings. The summed E-state index contributed by atoms with van der Waals surface area (Å²) >= 11 is 0. The lowest BCUT2D eigenvalue weighted by Gasteiger charge is -2.23. The third kappa shape index (κ3) is 4.11. The van der Waals surface area contributed by atoms with Crippen LogP contribution in [0, 0.1) is 5.41 Å². The molecule has 0 radical (unpaired) electrons. The predicted octanol–water partition coefficient (Wildman–Crippen LogP) is 1.99. The quantitative estimate of drug-likeness (QED) is 0.784. The third-order valence-corrected chi connectivity index (χ3v) is 4.60. The number of benzene rings is 1. The molecule has 0 unspecified atom stereocenters. The van der Waals surface area contributed by atoms with E-state index in [9.17, 15) is 8.42 Å². The molecule has 0 atom stereocenters. The largest absolute Gasteiger partial charge is 0.495 e. The van der Waals surface area contributed by atoms with Gasteiger partial charge in [0.2, 0.25) is 10.0 Å². The van der Waals surface area contributed by atoms with Gasteiger partial charge in [-0.3, -0.25) is 0 Å². The Morgan fingerprint density at radius 1 is 1.37 bits per heavy atom. The van der Waals surface area contributed by atoms with Gasteiger partial charge in [-0.05, 0) is 30.0 Å². The van der Waals surface area contributed by atoms with Gasteiger partial charge in [0.15, 0.2) is 0 Å². The summed E-state index contributed by atoms with van der Waals surface area (Å²) in [4.78, 5) is 0.0712. The Hall–Kier alpha value is -1.27. The Morgan fingerprint density at radius 2 is 2.00 bits per heavy atom. The summed E-state index contributed by atoms with van der Waals surface area (Å²) in [7, 11) is -2.19. The highest BCUT2D eigenvalue weighted by Gasteiger charge is 2.23. The molecule has 108 valence electrons. The highest BCUT2D eigenvalue weighted by molar-refractivity contribution is 7.89. The number of nitrogens with two attached hydrogens (primary N) is 1. The van der Waals surface area contributed by atoms with Gasteiger partial charge in [-0.15, -0.1) is 0 Å². The molecule has 1 aromatic carbocycles. The van der Waals surface area contributed by atoms with Crippen LogP contribution in [0.5, 0.6) is 5.75 Å². The minimum absolute atomic E-state index is 0.0712. The lowest BCUT2D eigenvalue weighted by atomic mass is 9.91. The number of methoxy groups -OCH3 is 1. The van der Waals surface area contributed by atoms with E-state index in [4.69, 9.17) is 10.5 Å². The van der Waals surface area contributed by atoms with Crippen LogP contribution in [0.3, 0.4) is 0 Å². The van der Waals surface area contributed by atoms with Crippen molar-refractivity contribution in [2.24, 2.45) is 5.41 Å². The second-order valence-electron chi connectivity index (χ2n) is 5.25. The average molecular weight is 286 g/mol. The van der Waals surface area contributed by atoms with Crippen molar-refractivity contribution in [3.05, 3.63) is 18.2 Å². The van der Waals surface area contributed by atoms with Crippen LogP contribution >= 0.6 is 0 Å². The van der Waals surface area contributed by atoms with E-state index in [1.165, 1.54) is 13.2 Å². The van der Waals surface area contributed by atoms with E-state index in [0.29, 0.717) is 12.2 Å². The summed E-state index contributed by atoms with van der Waals surface area (Å²) in [6.07, 6.45) is 0.879. The molecule has 0 aliphatic heterocycles. The van der Waals surface area contributed by atoms with E-state index in [1.807, 2.05) is 20.8 Å². The number of nitrogen functional groups attached to an aromatic ring is 1. The molecule has 0 heterocycles. The van der Waals surface area contributed by atoms with Gasteiger partial charge in [-0.2, -0.15) is 0 Å². The molecule has 5 nitrogen and oxygen atoms in total. The number of anilines is 1. The van der Waals surface area contributed by atoms with Crippen molar-refractivity contribution in [2.75, 3.05) is 19.4 Å². The molecule has 0 spiro atoms. The van der Waals surface area contributed by atoms with Crippen molar-refractivity contribution in [1.29, 1.82) is 0 Å². The van der Waals surface area contributed by atoms with Crippen LogP contribution in [0.15, 0.2) is 23.1 Å². The van der Waals surface area contributed by atoms with Crippen LogP contribution in [-0.4, -0.2) is 22.1 Å². The van der Waals surface area contributed by atoms with Crippen LogP contribution in [0.1, 0.15) is 27.2 Å². The maximum absolute atomic E-state index is 12.3. The Balaban J connectivity index is 3.04.